The predicted molar refractivity (Wildman–Crippen MR) is 71.7 cm³/mol. The van der Waals surface area contributed by atoms with Crippen LogP contribution in [0.4, 0.5) is 13.2 Å². The summed E-state index contributed by atoms with van der Waals surface area (Å²) < 4.78 is 57.6. The van der Waals surface area contributed by atoms with Gasteiger partial charge in [0.05, 0.1) is 5.56 Å². The number of hydrogen-bond acceptors (Lipinski definition) is 4. The Morgan fingerprint density at radius 2 is 1.73 bits per heavy atom. The van der Waals surface area contributed by atoms with Gasteiger partial charge in [-0.1, -0.05) is 0 Å². The van der Waals surface area contributed by atoms with E-state index in [1.165, 1.54) is 0 Å². The summed E-state index contributed by atoms with van der Waals surface area (Å²) in [6, 6.07) is 2.92. The Morgan fingerprint density at radius 3 is 2.23 bits per heavy atom. The molecule has 110 valence electrons. The van der Waals surface area contributed by atoms with E-state index in [4.69, 9.17) is 9.79 Å². The van der Waals surface area contributed by atoms with Gasteiger partial charge in [-0.15, -0.1) is 0 Å². The van der Waals surface area contributed by atoms with E-state index in [0.717, 1.165) is 18.2 Å². The minimum Gasteiger partial charge on any atom is -0.423 e. The van der Waals surface area contributed by atoms with Gasteiger partial charge in [0.15, 0.2) is 0 Å². The zero-order valence-electron chi connectivity index (χ0n) is 11.4. The van der Waals surface area contributed by atoms with Crippen molar-refractivity contribution in [1.82, 2.24) is 0 Å². The van der Waals surface area contributed by atoms with Crippen molar-refractivity contribution in [2.75, 3.05) is 0 Å². The predicted octanol–water partition coefficient (Wildman–Crippen LogP) is 1.52. The average Bonchev–Trinajstić information content (AvgIpc) is 2.23. The minimum atomic E-state index is -4.86. The van der Waals surface area contributed by atoms with E-state index in [1.54, 1.807) is 0 Å². The maximum absolute atomic E-state index is 12.7. The molecule has 0 aliphatic heterocycles. The molecule has 0 spiro atoms. The molecule has 2 radical (unpaired) electrons. The van der Waals surface area contributed by atoms with Gasteiger partial charge in [0.1, 0.15) is 11.3 Å². The van der Waals surface area contributed by atoms with Crippen molar-refractivity contribution in [2.24, 2.45) is 0 Å². The first-order valence-corrected chi connectivity index (χ1v) is 6.49. The van der Waals surface area contributed by atoms with Crippen LogP contribution in [0, 0.1) is 0 Å². The second-order valence-electron chi connectivity index (χ2n) is 3.72. The Hall–Kier alpha value is 0.170. The van der Waals surface area contributed by atoms with Gasteiger partial charge in [0.25, 0.3) is 0 Å². The SMILES string of the molecule is O=c1cc(C(F)(F)F)c2ccc(OP(=O)(O)O)cc2o1.[Na].[Na]. The number of rotatable bonds is 2. The Labute approximate surface area is 165 Å². The van der Waals surface area contributed by atoms with E-state index in [2.05, 4.69) is 8.94 Å². The van der Waals surface area contributed by atoms with Crippen molar-refractivity contribution in [1.29, 1.82) is 0 Å². The van der Waals surface area contributed by atoms with Crippen LogP contribution in [-0.2, 0) is 10.7 Å². The summed E-state index contributed by atoms with van der Waals surface area (Å²) in [6.45, 7) is 0. The van der Waals surface area contributed by atoms with Crippen molar-refractivity contribution >= 4 is 77.9 Å². The molecule has 2 rings (SSSR count). The van der Waals surface area contributed by atoms with Crippen LogP contribution in [0.2, 0.25) is 0 Å². The van der Waals surface area contributed by atoms with Gasteiger partial charge in [-0.25, -0.2) is 9.36 Å². The number of alkyl halides is 3. The first kappa shape index (κ1) is 22.2. The number of benzene rings is 1. The third kappa shape index (κ3) is 5.67. The molecule has 0 atom stereocenters. The van der Waals surface area contributed by atoms with Crippen LogP contribution >= 0.6 is 7.82 Å². The molecule has 0 fully saturated rings. The molecule has 0 aliphatic carbocycles. The van der Waals surface area contributed by atoms with Crippen molar-refractivity contribution in [3.8, 4) is 5.75 Å². The van der Waals surface area contributed by atoms with Crippen molar-refractivity contribution < 1.29 is 36.5 Å². The van der Waals surface area contributed by atoms with Gasteiger partial charge in [0.2, 0.25) is 0 Å². The molecule has 22 heavy (non-hydrogen) atoms. The molecule has 1 aromatic carbocycles. The molecule has 0 aliphatic rings. The molecule has 0 bridgehead atoms. The molecule has 2 N–H and O–H groups in total. The largest absolute Gasteiger partial charge is 0.524 e. The van der Waals surface area contributed by atoms with Crippen LogP contribution in [0.5, 0.6) is 5.75 Å². The zero-order chi connectivity index (χ0) is 15.1. The smallest absolute Gasteiger partial charge is 0.423 e. The van der Waals surface area contributed by atoms with E-state index >= 15 is 0 Å². The molecule has 1 heterocycles. The summed E-state index contributed by atoms with van der Waals surface area (Å²) in [5.74, 6) is -0.423. The quantitative estimate of drug-likeness (QED) is 0.481. The molecule has 6 nitrogen and oxygen atoms in total. The topological polar surface area (TPSA) is 97.0 Å². The van der Waals surface area contributed by atoms with Gasteiger partial charge in [-0.05, 0) is 12.1 Å². The molecular weight excluding hydrogens is 350 g/mol. The number of fused-ring (bicyclic) bond motifs is 1. The summed E-state index contributed by atoms with van der Waals surface area (Å²) in [5.41, 5.74) is -2.93. The fraction of sp³-hybridized carbons (Fsp3) is 0.100. The first-order chi connectivity index (χ1) is 9.06. The van der Waals surface area contributed by atoms with Gasteiger partial charge < -0.3 is 8.94 Å². The van der Waals surface area contributed by atoms with Crippen LogP contribution in [0.25, 0.3) is 11.0 Å². The third-order valence-corrected chi connectivity index (χ3v) is 2.69. The summed E-state index contributed by atoms with van der Waals surface area (Å²) in [4.78, 5) is 28.3. The third-order valence-electron chi connectivity index (χ3n) is 2.25. The monoisotopic (exact) mass is 356 g/mol. The number of hydrogen-bond donors (Lipinski definition) is 2. The van der Waals surface area contributed by atoms with Gasteiger partial charge in [-0.2, -0.15) is 13.2 Å². The number of phosphoric acid groups is 1. The van der Waals surface area contributed by atoms with Gasteiger partial charge >= 0.3 is 19.6 Å². The zero-order valence-corrected chi connectivity index (χ0v) is 16.3. The second-order valence-corrected chi connectivity index (χ2v) is 4.88. The molecule has 2 aromatic rings. The Bertz CT molecular complexity index is 769. The van der Waals surface area contributed by atoms with E-state index < -0.39 is 41.9 Å². The minimum absolute atomic E-state index is 0. The summed E-state index contributed by atoms with van der Waals surface area (Å²) in [6.07, 6.45) is -4.76. The molecule has 12 heteroatoms. The van der Waals surface area contributed by atoms with Crippen LogP contribution < -0.4 is 10.1 Å². The summed E-state index contributed by atoms with van der Waals surface area (Å²) >= 11 is 0. The van der Waals surface area contributed by atoms with Gasteiger partial charge in [0, 0.05) is 76.6 Å². The Kier molecular flexibility index (Phi) is 7.89. The summed E-state index contributed by atoms with van der Waals surface area (Å²) in [7, 11) is -4.86. The standard InChI is InChI=1S/C10H6F3O6P.2Na/c11-10(12,13)7-4-9(14)18-8-3-5(1-2-6(7)8)19-20(15,16)17;;/h1-4H,(H2,15,16,17);;. The van der Waals surface area contributed by atoms with Crippen molar-refractivity contribution in [3.05, 3.63) is 40.2 Å². The second kappa shape index (κ2) is 7.83. The molecule has 0 saturated carbocycles. The number of halogens is 3. The molecule has 0 unspecified atom stereocenters. The fourth-order valence-electron chi connectivity index (χ4n) is 1.57. The van der Waals surface area contributed by atoms with Crippen LogP contribution in [0.3, 0.4) is 0 Å². The van der Waals surface area contributed by atoms with Crippen molar-refractivity contribution in [2.45, 2.75) is 6.18 Å². The van der Waals surface area contributed by atoms with Crippen molar-refractivity contribution in [3.63, 3.8) is 0 Å². The average molecular weight is 356 g/mol. The van der Waals surface area contributed by atoms with E-state index in [-0.39, 0.29) is 59.1 Å². The maximum Gasteiger partial charge on any atom is 0.524 e. The fourth-order valence-corrected chi connectivity index (χ4v) is 1.96. The molecular formula is C10H6F3Na2O6P. The van der Waals surface area contributed by atoms with E-state index in [9.17, 15) is 22.5 Å². The Balaban J connectivity index is 0.00000220. The van der Waals surface area contributed by atoms with Crippen LogP contribution in [0.1, 0.15) is 5.56 Å². The van der Waals surface area contributed by atoms with Crippen LogP contribution in [-0.4, -0.2) is 68.9 Å². The molecule has 0 amide bonds. The Morgan fingerprint density at radius 1 is 1.14 bits per heavy atom. The van der Waals surface area contributed by atoms with E-state index in [0.29, 0.717) is 6.07 Å². The van der Waals surface area contributed by atoms with Gasteiger partial charge in [-0.3, -0.25) is 9.79 Å². The summed E-state index contributed by atoms with van der Waals surface area (Å²) in [5, 5.41) is -0.421. The van der Waals surface area contributed by atoms with E-state index in [1.807, 2.05) is 0 Å². The maximum atomic E-state index is 12.7. The van der Waals surface area contributed by atoms with Crippen LogP contribution in [0.15, 0.2) is 33.5 Å². The normalized spacial score (nSPS) is 11.5. The molecule has 0 saturated heterocycles. The number of phosphoric ester groups is 1. The first-order valence-electron chi connectivity index (χ1n) is 4.96. The molecule has 1 aromatic heterocycles.